The predicted molar refractivity (Wildman–Crippen MR) is 48.2 cm³/mol. The number of aromatic nitrogens is 2. The van der Waals surface area contributed by atoms with E-state index >= 15 is 0 Å². The smallest absolute Gasteiger partial charge is 0.258 e. The molecule has 0 aliphatic carbocycles. The molecule has 1 aromatic heterocycles. The lowest BCUT2D eigenvalue weighted by Gasteiger charge is -2.12. The molecule has 4 nitrogen and oxygen atoms in total. The summed E-state index contributed by atoms with van der Waals surface area (Å²) in [7, 11) is 0. The Hall–Kier alpha value is -0.900. The van der Waals surface area contributed by atoms with Gasteiger partial charge in [-0.15, -0.1) is 0 Å². The second-order valence-electron chi connectivity index (χ2n) is 4.73. The van der Waals surface area contributed by atoms with Gasteiger partial charge in [-0.05, 0) is 13.8 Å². The van der Waals surface area contributed by atoms with Crippen molar-refractivity contribution in [1.82, 2.24) is 10.1 Å². The van der Waals surface area contributed by atoms with Crippen LogP contribution in [0.1, 0.15) is 46.3 Å². The fourth-order valence-corrected chi connectivity index (χ4v) is 0.777. The van der Waals surface area contributed by atoms with E-state index in [9.17, 15) is 5.11 Å². The topological polar surface area (TPSA) is 59.2 Å². The highest BCUT2D eigenvalue weighted by Crippen LogP contribution is 2.23. The number of nitrogens with zero attached hydrogens (tertiary/aromatic N) is 2. The molecule has 1 heterocycles. The Labute approximate surface area is 78.0 Å². The molecule has 0 aliphatic heterocycles. The summed E-state index contributed by atoms with van der Waals surface area (Å²) in [5.41, 5.74) is -1.20. The van der Waals surface area contributed by atoms with Crippen LogP contribution in [0.5, 0.6) is 0 Å². The van der Waals surface area contributed by atoms with Crippen LogP contribution in [-0.4, -0.2) is 15.2 Å². The number of hydrogen-bond acceptors (Lipinski definition) is 4. The maximum Gasteiger partial charge on any atom is 0.258 e. The summed E-state index contributed by atoms with van der Waals surface area (Å²) >= 11 is 0. The summed E-state index contributed by atoms with van der Waals surface area (Å²) in [5, 5.41) is 13.4. The Kier molecular flexibility index (Phi) is 2.20. The summed E-state index contributed by atoms with van der Waals surface area (Å²) < 4.78 is 4.94. The van der Waals surface area contributed by atoms with Crippen molar-refractivity contribution in [2.75, 3.05) is 0 Å². The molecule has 1 N–H and O–H groups in total. The van der Waals surface area contributed by atoms with Gasteiger partial charge in [0.1, 0.15) is 5.60 Å². The van der Waals surface area contributed by atoms with Crippen LogP contribution in [0.4, 0.5) is 0 Å². The Morgan fingerprint density at radius 3 is 1.92 bits per heavy atom. The third-order valence-electron chi connectivity index (χ3n) is 1.62. The molecule has 0 amide bonds. The van der Waals surface area contributed by atoms with E-state index in [4.69, 9.17) is 4.52 Å². The second-order valence-corrected chi connectivity index (χ2v) is 4.73. The van der Waals surface area contributed by atoms with Crippen molar-refractivity contribution in [1.29, 1.82) is 0 Å². The third kappa shape index (κ3) is 2.28. The van der Waals surface area contributed by atoms with Crippen molar-refractivity contribution in [2.45, 2.75) is 45.6 Å². The molecule has 13 heavy (non-hydrogen) atoms. The Morgan fingerprint density at radius 1 is 1.15 bits per heavy atom. The standard InChI is InChI=1S/C9H16N2O2/c1-8(2,3)6-10-7(13-11-6)9(4,5)12/h12H,1-5H3. The maximum atomic E-state index is 9.57. The van der Waals surface area contributed by atoms with Gasteiger partial charge in [0.15, 0.2) is 5.82 Å². The summed E-state index contributed by atoms with van der Waals surface area (Å²) in [5.74, 6) is 0.877. The van der Waals surface area contributed by atoms with Crippen molar-refractivity contribution >= 4 is 0 Å². The lowest BCUT2D eigenvalue weighted by molar-refractivity contribution is 0.0420. The first kappa shape index (κ1) is 10.2. The maximum absolute atomic E-state index is 9.57. The normalized spacial score (nSPS) is 13.4. The van der Waals surface area contributed by atoms with E-state index in [1.165, 1.54) is 0 Å². The van der Waals surface area contributed by atoms with E-state index in [0.29, 0.717) is 5.82 Å². The molecule has 0 spiro atoms. The summed E-state index contributed by atoms with van der Waals surface area (Å²) in [4.78, 5) is 4.12. The minimum absolute atomic E-state index is 0.146. The fourth-order valence-electron chi connectivity index (χ4n) is 0.777. The average molecular weight is 184 g/mol. The van der Waals surface area contributed by atoms with E-state index < -0.39 is 5.60 Å². The van der Waals surface area contributed by atoms with Crippen LogP contribution in [0.2, 0.25) is 0 Å². The Balaban J connectivity index is 3.01. The van der Waals surface area contributed by atoms with Gasteiger partial charge in [0.2, 0.25) is 0 Å². The van der Waals surface area contributed by atoms with Gasteiger partial charge in [-0.2, -0.15) is 4.98 Å². The first-order valence-electron chi connectivity index (χ1n) is 4.28. The number of aliphatic hydroxyl groups is 1. The third-order valence-corrected chi connectivity index (χ3v) is 1.62. The van der Waals surface area contributed by atoms with Crippen molar-refractivity contribution in [3.05, 3.63) is 11.7 Å². The van der Waals surface area contributed by atoms with Gasteiger partial charge in [-0.25, -0.2) is 0 Å². The van der Waals surface area contributed by atoms with Crippen molar-refractivity contribution in [2.24, 2.45) is 0 Å². The van der Waals surface area contributed by atoms with E-state index in [1.54, 1.807) is 13.8 Å². The molecular formula is C9H16N2O2. The number of rotatable bonds is 1. The summed E-state index contributed by atoms with van der Waals surface area (Å²) in [6.45, 7) is 9.21. The fraction of sp³-hybridized carbons (Fsp3) is 0.778. The lowest BCUT2D eigenvalue weighted by Crippen LogP contribution is -2.18. The molecule has 0 saturated heterocycles. The second kappa shape index (κ2) is 2.80. The van der Waals surface area contributed by atoms with E-state index in [0.717, 1.165) is 0 Å². The first-order chi connectivity index (χ1) is 5.71. The van der Waals surface area contributed by atoms with Crippen molar-refractivity contribution < 1.29 is 9.63 Å². The number of hydrogen-bond donors (Lipinski definition) is 1. The lowest BCUT2D eigenvalue weighted by atomic mass is 9.96. The van der Waals surface area contributed by atoms with E-state index in [1.807, 2.05) is 20.8 Å². The molecule has 0 aliphatic rings. The van der Waals surface area contributed by atoms with Gasteiger partial charge in [0.05, 0.1) is 0 Å². The van der Waals surface area contributed by atoms with Gasteiger partial charge in [0.25, 0.3) is 5.89 Å². The van der Waals surface area contributed by atoms with Gasteiger partial charge in [-0.3, -0.25) is 0 Å². The quantitative estimate of drug-likeness (QED) is 0.720. The molecule has 0 bridgehead atoms. The molecular weight excluding hydrogens is 168 g/mol. The molecule has 0 unspecified atom stereocenters. The van der Waals surface area contributed by atoms with Crippen LogP contribution in [0.25, 0.3) is 0 Å². The van der Waals surface area contributed by atoms with Crippen LogP contribution in [-0.2, 0) is 11.0 Å². The SMILES string of the molecule is CC(C)(C)c1noc(C(C)(C)O)n1. The highest BCUT2D eigenvalue weighted by molar-refractivity contribution is 5.02. The molecule has 0 fully saturated rings. The highest BCUT2D eigenvalue weighted by Gasteiger charge is 2.27. The van der Waals surface area contributed by atoms with Crippen molar-refractivity contribution in [3.8, 4) is 0 Å². The molecule has 0 radical (unpaired) electrons. The van der Waals surface area contributed by atoms with Crippen LogP contribution in [0.3, 0.4) is 0 Å². The van der Waals surface area contributed by atoms with Gasteiger partial charge in [-0.1, -0.05) is 25.9 Å². The van der Waals surface area contributed by atoms with Crippen LogP contribution in [0, 0.1) is 0 Å². The molecule has 4 heteroatoms. The Morgan fingerprint density at radius 2 is 1.69 bits per heavy atom. The summed E-state index contributed by atoms with van der Waals surface area (Å²) in [6.07, 6.45) is 0. The van der Waals surface area contributed by atoms with Crippen molar-refractivity contribution in [3.63, 3.8) is 0 Å². The summed E-state index contributed by atoms with van der Waals surface area (Å²) in [6, 6.07) is 0. The first-order valence-corrected chi connectivity index (χ1v) is 4.28. The predicted octanol–water partition coefficient (Wildman–Crippen LogP) is 1.59. The molecule has 1 rings (SSSR count). The molecule has 1 aromatic rings. The molecule has 0 atom stereocenters. The molecule has 0 aromatic carbocycles. The minimum atomic E-state index is -1.06. The van der Waals surface area contributed by atoms with Crippen LogP contribution in [0.15, 0.2) is 4.52 Å². The Bertz CT molecular complexity index is 263. The zero-order chi connectivity index (χ0) is 10.3. The van der Waals surface area contributed by atoms with Crippen LogP contribution < -0.4 is 0 Å². The van der Waals surface area contributed by atoms with Crippen LogP contribution >= 0.6 is 0 Å². The van der Waals surface area contributed by atoms with E-state index in [-0.39, 0.29) is 11.3 Å². The zero-order valence-electron chi connectivity index (χ0n) is 8.75. The average Bonchev–Trinajstić information content (AvgIpc) is 2.28. The van der Waals surface area contributed by atoms with Gasteiger partial charge in [0, 0.05) is 5.41 Å². The van der Waals surface area contributed by atoms with Gasteiger partial charge < -0.3 is 9.63 Å². The van der Waals surface area contributed by atoms with E-state index in [2.05, 4.69) is 10.1 Å². The minimum Gasteiger partial charge on any atom is -0.381 e. The largest absolute Gasteiger partial charge is 0.381 e. The van der Waals surface area contributed by atoms with Gasteiger partial charge >= 0.3 is 0 Å². The molecule has 74 valence electrons. The molecule has 0 saturated carbocycles. The highest BCUT2D eigenvalue weighted by atomic mass is 16.5. The monoisotopic (exact) mass is 184 g/mol. The zero-order valence-corrected chi connectivity index (χ0v) is 8.75.